The molecule has 0 saturated heterocycles. The van der Waals surface area contributed by atoms with Gasteiger partial charge in [0.05, 0.1) is 0 Å². The van der Waals surface area contributed by atoms with Gasteiger partial charge < -0.3 is 5.11 Å². The molecular formula is C8H6N4O2. The number of carboxylic acids is 1. The molecule has 14 heavy (non-hydrogen) atoms. The number of rotatable bonds is 3. The zero-order valence-electron chi connectivity index (χ0n) is 7.03. The van der Waals surface area contributed by atoms with Gasteiger partial charge in [-0.15, -0.1) is 0 Å². The molecule has 6 nitrogen and oxygen atoms in total. The topological polar surface area (TPSA) is 99.0 Å². The van der Waals surface area contributed by atoms with Gasteiger partial charge in [-0.3, -0.25) is 4.98 Å². The van der Waals surface area contributed by atoms with Crippen LogP contribution in [0.25, 0.3) is 16.5 Å². The van der Waals surface area contributed by atoms with Crippen molar-refractivity contribution in [1.29, 1.82) is 0 Å². The fourth-order valence-corrected chi connectivity index (χ4v) is 0.826. The van der Waals surface area contributed by atoms with Crippen LogP contribution >= 0.6 is 0 Å². The Morgan fingerprint density at radius 3 is 3.14 bits per heavy atom. The van der Waals surface area contributed by atoms with Crippen LogP contribution in [0.2, 0.25) is 0 Å². The van der Waals surface area contributed by atoms with Crippen molar-refractivity contribution < 1.29 is 9.90 Å². The molecule has 0 radical (unpaired) electrons. The van der Waals surface area contributed by atoms with Crippen LogP contribution in [0.3, 0.4) is 0 Å². The Morgan fingerprint density at radius 2 is 2.50 bits per heavy atom. The summed E-state index contributed by atoms with van der Waals surface area (Å²) in [6.07, 6.45) is 3.73. The van der Waals surface area contributed by atoms with E-state index in [-0.39, 0.29) is 5.82 Å². The second kappa shape index (κ2) is 4.64. The maximum Gasteiger partial charge on any atom is 0.328 e. The Bertz CT molecular complexity index is 421. The van der Waals surface area contributed by atoms with E-state index in [2.05, 4.69) is 15.0 Å². The van der Waals surface area contributed by atoms with Crippen molar-refractivity contribution >= 4 is 17.9 Å². The number of pyridine rings is 1. The van der Waals surface area contributed by atoms with E-state index in [0.717, 1.165) is 6.08 Å². The van der Waals surface area contributed by atoms with Crippen LogP contribution < -0.4 is 0 Å². The molecule has 0 aromatic carbocycles. The number of hydrogen-bond acceptors (Lipinski definition) is 3. The van der Waals surface area contributed by atoms with E-state index in [1.54, 1.807) is 12.1 Å². The number of aromatic nitrogens is 1. The molecule has 1 aromatic heterocycles. The SMILES string of the molecule is [N-]=[N+]=Nc1ncccc1C=CC(=O)O. The van der Waals surface area contributed by atoms with Gasteiger partial charge in [-0.25, -0.2) is 4.79 Å². The van der Waals surface area contributed by atoms with E-state index in [1.165, 1.54) is 12.3 Å². The summed E-state index contributed by atoms with van der Waals surface area (Å²) in [4.78, 5) is 16.6. The average molecular weight is 190 g/mol. The molecule has 0 saturated carbocycles. The van der Waals surface area contributed by atoms with Crippen LogP contribution in [0.5, 0.6) is 0 Å². The number of carbonyl (C=O) groups is 1. The second-order valence-corrected chi connectivity index (χ2v) is 2.28. The lowest BCUT2D eigenvalue weighted by Gasteiger charge is -1.95. The molecule has 1 N–H and O–H groups in total. The molecule has 6 heteroatoms. The van der Waals surface area contributed by atoms with E-state index in [9.17, 15) is 4.79 Å². The summed E-state index contributed by atoms with van der Waals surface area (Å²) in [5.74, 6) is -0.909. The van der Waals surface area contributed by atoms with Gasteiger partial charge in [-0.1, -0.05) is 6.07 Å². The Morgan fingerprint density at radius 1 is 1.71 bits per heavy atom. The summed E-state index contributed by atoms with van der Waals surface area (Å²) in [5, 5.41) is 11.7. The number of nitrogens with zero attached hydrogens (tertiary/aromatic N) is 4. The third-order valence-electron chi connectivity index (χ3n) is 1.36. The van der Waals surface area contributed by atoms with Crippen LogP contribution in [-0.2, 0) is 4.79 Å². The first kappa shape index (κ1) is 9.76. The van der Waals surface area contributed by atoms with E-state index in [4.69, 9.17) is 10.6 Å². The molecule has 0 aliphatic heterocycles. The molecule has 0 spiro atoms. The highest BCUT2D eigenvalue weighted by molar-refractivity contribution is 5.86. The zero-order chi connectivity index (χ0) is 10.4. The van der Waals surface area contributed by atoms with E-state index in [1.807, 2.05) is 0 Å². The van der Waals surface area contributed by atoms with Crippen LogP contribution in [0, 0.1) is 0 Å². The quantitative estimate of drug-likeness (QED) is 0.342. The molecule has 0 amide bonds. The predicted octanol–water partition coefficient (Wildman–Crippen LogP) is 2.12. The molecule has 0 unspecified atom stereocenters. The van der Waals surface area contributed by atoms with E-state index in [0.29, 0.717) is 5.56 Å². The lowest BCUT2D eigenvalue weighted by molar-refractivity contribution is -0.131. The lowest BCUT2D eigenvalue weighted by Crippen LogP contribution is -1.86. The minimum atomic E-state index is -1.07. The van der Waals surface area contributed by atoms with Gasteiger partial charge in [-0.05, 0) is 22.8 Å². The lowest BCUT2D eigenvalue weighted by atomic mass is 10.2. The maximum absolute atomic E-state index is 10.2. The number of aliphatic carboxylic acids is 1. The Labute approximate surface area is 79.1 Å². The van der Waals surface area contributed by atoms with Crippen LogP contribution in [0.15, 0.2) is 29.5 Å². The first-order valence-electron chi connectivity index (χ1n) is 3.65. The smallest absolute Gasteiger partial charge is 0.328 e. The van der Waals surface area contributed by atoms with E-state index < -0.39 is 5.97 Å². The summed E-state index contributed by atoms with van der Waals surface area (Å²) in [6.45, 7) is 0. The Hall–Kier alpha value is -2.33. The van der Waals surface area contributed by atoms with Crippen molar-refractivity contribution in [2.75, 3.05) is 0 Å². The van der Waals surface area contributed by atoms with Gasteiger partial charge >= 0.3 is 5.97 Å². The second-order valence-electron chi connectivity index (χ2n) is 2.28. The fraction of sp³-hybridized carbons (Fsp3) is 0. The molecule has 1 heterocycles. The molecule has 0 aliphatic rings. The van der Waals surface area contributed by atoms with Gasteiger partial charge in [0.15, 0.2) is 0 Å². The van der Waals surface area contributed by atoms with Crippen molar-refractivity contribution in [3.05, 3.63) is 40.4 Å². The van der Waals surface area contributed by atoms with Crippen molar-refractivity contribution in [3.8, 4) is 0 Å². The summed E-state index contributed by atoms with van der Waals surface area (Å²) in [6, 6.07) is 3.23. The third kappa shape index (κ3) is 2.62. The number of azide groups is 1. The summed E-state index contributed by atoms with van der Waals surface area (Å²) < 4.78 is 0. The third-order valence-corrected chi connectivity index (χ3v) is 1.36. The number of hydrogen-bond donors (Lipinski definition) is 1. The Kier molecular flexibility index (Phi) is 3.23. The molecular weight excluding hydrogens is 184 g/mol. The summed E-state index contributed by atoms with van der Waals surface area (Å²) >= 11 is 0. The summed E-state index contributed by atoms with van der Waals surface area (Å²) in [5.41, 5.74) is 8.66. The number of carboxylic acid groups (broad SMARTS) is 1. The summed E-state index contributed by atoms with van der Waals surface area (Å²) in [7, 11) is 0. The van der Waals surface area contributed by atoms with Crippen LogP contribution in [0.4, 0.5) is 5.82 Å². The largest absolute Gasteiger partial charge is 0.478 e. The highest BCUT2D eigenvalue weighted by atomic mass is 16.4. The van der Waals surface area contributed by atoms with Crippen molar-refractivity contribution in [1.82, 2.24) is 4.98 Å². The normalized spacial score (nSPS) is 9.71. The zero-order valence-corrected chi connectivity index (χ0v) is 7.03. The molecule has 1 aromatic rings. The van der Waals surface area contributed by atoms with Crippen molar-refractivity contribution in [2.45, 2.75) is 0 Å². The minimum Gasteiger partial charge on any atom is -0.478 e. The van der Waals surface area contributed by atoms with Gasteiger partial charge in [0.2, 0.25) is 0 Å². The minimum absolute atomic E-state index is 0.160. The standard InChI is InChI=1S/C8H6N4O2/c9-12-11-8-6(2-1-5-10-8)3-4-7(13)14/h1-5H,(H,13,14). The van der Waals surface area contributed by atoms with Crippen LogP contribution in [-0.4, -0.2) is 16.1 Å². The average Bonchev–Trinajstić information content (AvgIpc) is 2.17. The van der Waals surface area contributed by atoms with Crippen molar-refractivity contribution in [3.63, 3.8) is 0 Å². The van der Waals surface area contributed by atoms with Gasteiger partial charge in [0, 0.05) is 22.7 Å². The molecule has 0 bridgehead atoms. The fourth-order valence-electron chi connectivity index (χ4n) is 0.826. The van der Waals surface area contributed by atoms with Gasteiger partial charge in [0.1, 0.15) is 5.82 Å². The predicted molar refractivity (Wildman–Crippen MR) is 49.7 cm³/mol. The first-order valence-corrected chi connectivity index (χ1v) is 3.65. The van der Waals surface area contributed by atoms with Gasteiger partial charge in [-0.2, -0.15) is 0 Å². The van der Waals surface area contributed by atoms with Crippen LogP contribution in [0.1, 0.15) is 5.56 Å². The molecule has 1 rings (SSSR count). The highest BCUT2D eigenvalue weighted by Gasteiger charge is 1.96. The molecule has 0 aliphatic carbocycles. The maximum atomic E-state index is 10.2. The Balaban J connectivity index is 3.07. The van der Waals surface area contributed by atoms with Crippen molar-refractivity contribution in [2.24, 2.45) is 5.11 Å². The highest BCUT2D eigenvalue weighted by Crippen LogP contribution is 2.16. The first-order chi connectivity index (χ1) is 6.74. The monoisotopic (exact) mass is 190 g/mol. The molecule has 0 atom stereocenters. The van der Waals surface area contributed by atoms with E-state index >= 15 is 0 Å². The molecule has 0 fully saturated rings. The van der Waals surface area contributed by atoms with Gasteiger partial charge in [0.25, 0.3) is 0 Å². The molecule has 70 valence electrons.